The molecule has 0 aliphatic rings. The fourth-order valence-electron chi connectivity index (χ4n) is 1.39. The number of anilines is 1. The number of aromatic amines is 1. The highest BCUT2D eigenvalue weighted by atomic mass is 16.1. The number of H-pyrrole nitrogens is 1. The van der Waals surface area contributed by atoms with E-state index in [0.29, 0.717) is 5.82 Å². The second-order valence-corrected chi connectivity index (χ2v) is 3.22. The maximum absolute atomic E-state index is 11.0. The van der Waals surface area contributed by atoms with Crippen molar-refractivity contribution in [3.05, 3.63) is 46.2 Å². The van der Waals surface area contributed by atoms with E-state index in [1.165, 1.54) is 6.07 Å². The third-order valence-corrected chi connectivity index (χ3v) is 2.02. The van der Waals surface area contributed by atoms with Crippen molar-refractivity contribution < 1.29 is 0 Å². The van der Waals surface area contributed by atoms with Crippen molar-refractivity contribution in [1.82, 2.24) is 9.78 Å². The Bertz CT molecular complexity index is 510. The molecular weight excluding hydrogens is 178 g/mol. The Hall–Kier alpha value is -1.97. The molecule has 4 nitrogen and oxygen atoms in total. The minimum atomic E-state index is -0.191. The van der Waals surface area contributed by atoms with Crippen LogP contribution in [0.25, 0.3) is 5.69 Å². The summed E-state index contributed by atoms with van der Waals surface area (Å²) in [6, 6.07) is 9.11. The SMILES string of the molecule is Cc1cccc(-n2[nH]c(=O)cc2N)c1. The molecular formula is C10H11N3O. The molecule has 1 aromatic heterocycles. The largest absolute Gasteiger partial charge is 0.384 e. The van der Waals surface area contributed by atoms with Gasteiger partial charge in [0, 0.05) is 6.07 Å². The lowest BCUT2D eigenvalue weighted by atomic mass is 10.2. The molecule has 0 aliphatic heterocycles. The molecule has 1 heterocycles. The number of nitrogens with one attached hydrogen (secondary N) is 1. The molecule has 0 radical (unpaired) electrons. The summed E-state index contributed by atoms with van der Waals surface area (Å²) >= 11 is 0. The Morgan fingerprint density at radius 1 is 1.36 bits per heavy atom. The van der Waals surface area contributed by atoms with Gasteiger partial charge in [0.25, 0.3) is 5.56 Å². The molecule has 0 spiro atoms. The summed E-state index contributed by atoms with van der Waals surface area (Å²) in [5.74, 6) is 0.417. The van der Waals surface area contributed by atoms with Gasteiger partial charge < -0.3 is 5.73 Å². The average molecular weight is 189 g/mol. The second-order valence-electron chi connectivity index (χ2n) is 3.22. The molecule has 0 aliphatic carbocycles. The zero-order valence-corrected chi connectivity index (χ0v) is 7.82. The molecule has 1 aromatic carbocycles. The quantitative estimate of drug-likeness (QED) is 0.704. The maximum Gasteiger partial charge on any atom is 0.266 e. The molecule has 0 saturated heterocycles. The van der Waals surface area contributed by atoms with E-state index in [2.05, 4.69) is 5.10 Å². The molecule has 0 fully saturated rings. The lowest BCUT2D eigenvalue weighted by Crippen LogP contribution is -2.05. The van der Waals surface area contributed by atoms with Gasteiger partial charge in [0.1, 0.15) is 5.82 Å². The van der Waals surface area contributed by atoms with Gasteiger partial charge in [-0.2, -0.15) is 0 Å². The predicted octanol–water partition coefficient (Wildman–Crippen LogP) is 1.06. The number of benzene rings is 1. The average Bonchev–Trinajstić information content (AvgIpc) is 2.45. The van der Waals surface area contributed by atoms with Crippen molar-refractivity contribution in [1.29, 1.82) is 0 Å². The molecule has 0 bridgehead atoms. The van der Waals surface area contributed by atoms with Gasteiger partial charge in [-0.1, -0.05) is 12.1 Å². The van der Waals surface area contributed by atoms with Gasteiger partial charge in [-0.05, 0) is 24.6 Å². The van der Waals surface area contributed by atoms with Crippen LogP contribution in [0.5, 0.6) is 0 Å². The molecule has 2 rings (SSSR count). The van der Waals surface area contributed by atoms with Gasteiger partial charge in [0.05, 0.1) is 5.69 Å². The summed E-state index contributed by atoms with van der Waals surface area (Å²) in [4.78, 5) is 11.0. The van der Waals surface area contributed by atoms with Gasteiger partial charge in [-0.3, -0.25) is 9.89 Å². The lowest BCUT2D eigenvalue weighted by Gasteiger charge is -2.04. The van der Waals surface area contributed by atoms with E-state index in [0.717, 1.165) is 11.3 Å². The fourth-order valence-corrected chi connectivity index (χ4v) is 1.39. The molecule has 4 heteroatoms. The van der Waals surface area contributed by atoms with Crippen molar-refractivity contribution >= 4 is 5.82 Å². The number of nitrogen functional groups attached to an aromatic ring is 1. The number of nitrogens with zero attached hydrogens (tertiary/aromatic N) is 1. The van der Waals surface area contributed by atoms with Crippen molar-refractivity contribution in [2.45, 2.75) is 6.92 Å². The van der Waals surface area contributed by atoms with Gasteiger partial charge in [-0.15, -0.1) is 0 Å². The van der Waals surface area contributed by atoms with Crippen LogP contribution in [0.2, 0.25) is 0 Å². The number of nitrogens with two attached hydrogens (primary N) is 1. The number of hydrogen-bond donors (Lipinski definition) is 2. The third-order valence-electron chi connectivity index (χ3n) is 2.02. The Kier molecular flexibility index (Phi) is 1.89. The molecule has 0 amide bonds. The Morgan fingerprint density at radius 2 is 2.14 bits per heavy atom. The Labute approximate surface area is 81.0 Å². The number of aryl methyl sites for hydroxylation is 1. The van der Waals surface area contributed by atoms with E-state index < -0.39 is 0 Å². The topological polar surface area (TPSA) is 63.8 Å². The molecule has 0 atom stereocenters. The summed E-state index contributed by atoms with van der Waals surface area (Å²) in [7, 11) is 0. The number of rotatable bonds is 1. The number of hydrogen-bond acceptors (Lipinski definition) is 2. The summed E-state index contributed by atoms with van der Waals surface area (Å²) < 4.78 is 1.56. The standard InChI is InChI=1S/C10H11N3O/c1-7-3-2-4-8(5-7)13-9(11)6-10(14)12-13/h2-6H,11H2,1H3,(H,12,14). The molecule has 3 N–H and O–H groups in total. The first kappa shape index (κ1) is 8.62. The Balaban J connectivity index is 2.59. The van der Waals surface area contributed by atoms with E-state index in [-0.39, 0.29) is 5.56 Å². The molecule has 0 saturated carbocycles. The van der Waals surface area contributed by atoms with Gasteiger partial charge in [0.15, 0.2) is 0 Å². The highest BCUT2D eigenvalue weighted by Crippen LogP contribution is 2.11. The first-order valence-electron chi connectivity index (χ1n) is 4.31. The summed E-state index contributed by atoms with van der Waals surface area (Å²) in [6.45, 7) is 1.99. The highest BCUT2D eigenvalue weighted by molar-refractivity contribution is 5.42. The summed E-state index contributed by atoms with van der Waals surface area (Å²) in [5, 5.41) is 2.62. The number of aromatic nitrogens is 2. The van der Waals surface area contributed by atoms with Crippen LogP contribution in [0, 0.1) is 6.92 Å². The zero-order chi connectivity index (χ0) is 10.1. The smallest absolute Gasteiger partial charge is 0.266 e. The predicted molar refractivity (Wildman–Crippen MR) is 55.5 cm³/mol. The van der Waals surface area contributed by atoms with Crippen molar-refractivity contribution in [3.8, 4) is 5.69 Å². The van der Waals surface area contributed by atoms with Crippen molar-refractivity contribution in [2.75, 3.05) is 5.73 Å². The lowest BCUT2D eigenvalue weighted by molar-refractivity contribution is 0.872. The van der Waals surface area contributed by atoms with Crippen LogP contribution in [-0.2, 0) is 0 Å². The first-order chi connectivity index (χ1) is 6.66. The first-order valence-corrected chi connectivity index (χ1v) is 4.31. The van der Waals surface area contributed by atoms with Crippen LogP contribution < -0.4 is 11.3 Å². The maximum atomic E-state index is 11.0. The van der Waals surface area contributed by atoms with E-state index in [9.17, 15) is 4.79 Å². The van der Waals surface area contributed by atoms with E-state index in [4.69, 9.17) is 5.73 Å². The van der Waals surface area contributed by atoms with E-state index in [1.807, 2.05) is 31.2 Å². The van der Waals surface area contributed by atoms with Crippen LogP contribution in [0.15, 0.2) is 35.1 Å². The van der Waals surface area contributed by atoms with Gasteiger partial charge >= 0.3 is 0 Å². The second kappa shape index (κ2) is 3.06. The molecule has 72 valence electrons. The van der Waals surface area contributed by atoms with Gasteiger partial charge in [0.2, 0.25) is 0 Å². The normalized spacial score (nSPS) is 10.4. The summed E-state index contributed by atoms with van der Waals surface area (Å²) in [5.41, 5.74) is 7.45. The molecule has 2 aromatic rings. The van der Waals surface area contributed by atoms with Crippen LogP contribution in [0.3, 0.4) is 0 Å². The summed E-state index contributed by atoms with van der Waals surface area (Å²) in [6.07, 6.45) is 0. The van der Waals surface area contributed by atoms with Crippen LogP contribution >= 0.6 is 0 Å². The molecule has 14 heavy (non-hydrogen) atoms. The van der Waals surface area contributed by atoms with E-state index in [1.54, 1.807) is 4.68 Å². The minimum Gasteiger partial charge on any atom is -0.384 e. The van der Waals surface area contributed by atoms with E-state index >= 15 is 0 Å². The van der Waals surface area contributed by atoms with Crippen LogP contribution in [0.1, 0.15) is 5.56 Å². The zero-order valence-electron chi connectivity index (χ0n) is 7.82. The molecule has 0 unspecified atom stereocenters. The Morgan fingerprint density at radius 3 is 2.71 bits per heavy atom. The van der Waals surface area contributed by atoms with Gasteiger partial charge in [-0.25, -0.2) is 4.68 Å². The highest BCUT2D eigenvalue weighted by Gasteiger charge is 2.01. The van der Waals surface area contributed by atoms with Crippen molar-refractivity contribution in [3.63, 3.8) is 0 Å². The van der Waals surface area contributed by atoms with Crippen LogP contribution in [0.4, 0.5) is 5.82 Å². The van der Waals surface area contributed by atoms with Crippen LogP contribution in [-0.4, -0.2) is 9.78 Å². The minimum absolute atomic E-state index is 0.191. The van der Waals surface area contributed by atoms with Crippen molar-refractivity contribution in [2.24, 2.45) is 0 Å². The monoisotopic (exact) mass is 189 g/mol. The fraction of sp³-hybridized carbons (Fsp3) is 0.100. The third kappa shape index (κ3) is 1.42.